The van der Waals surface area contributed by atoms with E-state index in [0.29, 0.717) is 16.6 Å². The summed E-state index contributed by atoms with van der Waals surface area (Å²) in [7, 11) is 1.40. The number of hydrogen-bond acceptors (Lipinski definition) is 3. The van der Waals surface area contributed by atoms with Crippen molar-refractivity contribution < 1.29 is 9.53 Å². The number of hydrogen-bond donors (Lipinski definition) is 0. The lowest BCUT2D eigenvalue weighted by atomic mass is 9.82. The van der Waals surface area contributed by atoms with Crippen LogP contribution in [0.1, 0.15) is 47.8 Å². The van der Waals surface area contributed by atoms with E-state index in [1.165, 1.54) is 20.0 Å². The lowest BCUT2D eigenvalue weighted by Crippen LogP contribution is -2.20. The number of fused-ring (bicyclic) bond motifs is 1. The van der Waals surface area contributed by atoms with Crippen LogP contribution in [0.5, 0.6) is 0 Å². The lowest BCUT2D eigenvalue weighted by Gasteiger charge is -2.25. The standard InChI is InChI=1S/C14H18ClNO2/c1-3-4-9-5-6-12-10(7-9)11(14(17)18-2)8-13(15)16-12/h8-9H,3-7H2,1-2H3. The molecule has 3 nitrogen and oxygen atoms in total. The third kappa shape index (κ3) is 2.66. The van der Waals surface area contributed by atoms with Crippen LogP contribution in [-0.2, 0) is 17.6 Å². The molecular weight excluding hydrogens is 250 g/mol. The molecule has 0 spiro atoms. The molecule has 1 aliphatic carbocycles. The summed E-state index contributed by atoms with van der Waals surface area (Å²) in [5, 5.41) is 0.378. The largest absolute Gasteiger partial charge is 0.465 e. The van der Waals surface area contributed by atoms with Gasteiger partial charge in [-0.2, -0.15) is 0 Å². The van der Waals surface area contributed by atoms with Gasteiger partial charge in [-0.1, -0.05) is 31.4 Å². The van der Waals surface area contributed by atoms with Gasteiger partial charge in [-0.25, -0.2) is 9.78 Å². The van der Waals surface area contributed by atoms with Gasteiger partial charge in [-0.3, -0.25) is 0 Å². The fourth-order valence-corrected chi connectivity index (χ4v) is 2.91. The Labute approximate surface area is 113 Å². The summed E-state index contributed by atoms with van der Waals surface area (Å²) >= 11 is 5.96. The van der Waals surface area contributed by atoms with Gasteiger partial charge in [-0.05, 0) is 36.8 Å². The van der Waals surface area contributed by atoms with E-state index >= 15 is 0 Å². The Balaban J connectivity index is 2.37. The first-order valence-corrected chi connectivity index (χ1v) is 6.80. The maximum absolute atomic E-state index is 11.8. The molecule has 0 bridgehead atoms. The van der Waals surface area contributed by atoms with Gasteiger partial charge in [-0.15, -0.1) is 0 Å². The molecule has 4 heteroatoms. The third-order valence-electron chi connectivity index (χ3n) is 3.56. The van der Waals surface area contributed by atoms with Crippen LogP contribution in [-0.4, -0.2) is 18.1 Å². The van der Waals surface area contributed by atoms with Crippen molar-refractivity contribution in [2.45, 2.75) is 39.0 Å². The highest BCUT2D eigenvalue weighted by Crippen LogP contribution is 2.31. The minimum Gasteiger partial charge on any atom is -0.465 e. The Morgan fingerprint density at radius 2 is 2.39 bits per heavy atom. The van der Waals surface area contributed by atoms with Gasteiger partial charge >= 0.3 is 5.97 Å². The average Bonchev–Trinajstić information content (AvgIpc) is 2.37. The normalized spacial score (nSPS) is 18.3. The summed E-state index contributed by atoms with van der Waals surface area (Å²) in [5.74, 6) is 0.335. The molecule has 18 heavy (non-hydrogen) atoms. The van der Waals surface area contributed by atoms with E-state index in [-0.39, 0.29) is 5.97 Å². The molecule has 1 atom stereocenters. The van der Waals surface area contributed by atoms with Gasteiger partial charge in [0.2, 0.25) is 0 Å². The maximum Gasteiger partial charge on any atom is 0.338 e. The fourth-order valence-electron chi connectivity index (χ4n) is 2.70. The predicted octanol–water partition coefficient (Wildman–Crippen LogP) is 3.43. The molecule has 1 aromatic heterocycles. The minimum atomic E-state index is -0.312. The SMILES string of the molecule is CCCC1CCc2nc(Cl)cc(C(=O)OC)c2C1. The van der Waals surface area contributed by atoms with Crippen LogP contribution in [0.4, 0.5) is 0 Å². The third-order valence-corrected chi connectivity index (χ3v) is 3.76. The Morgan fingerprint density at radius 1 is 1.61 bits per heavy atom. The van der Waals surface area contributed by atoms with E-state index in [0.717, 1.165) is 30.5 Å². The maximum atomic E-state index is 11.8. The molecule has 0 fully saturated rings. The number of carbonyl (C=O) groups is 1. The van der Waals surface area contributed by atoms with Crippen LogP contribution in [0.2, 0.25) is 5.15 Å². The highest BCUT2D eigenvalue weighted by molar-refractivity contribution is 6.29. The number of methoxy groups -OCH3 is 1. The van der Waals surface area contributed by atoms with Gasteiger partial charge in [0.1, 0.15) is 5.15 Å². The zero-order valence-electron chi connectivity index (χ0n) is 10.8. The van der Waals surface area contributed by atoms with E-state index in [4.69, 9.17) is 16.3 Å². The van der Waals surface area contributed by atoms with E-state index in [2.05, 4.69) is 11.9 Å². The fraction of sp³-hybridized carbons (Fsp3) is 0.571. The molecule has 1 aromatic rings. The van der Waals surface area contributed by atoms with Gasteiger partial charge in [0.25, 0.3) is 0 Å². The van der Waals surface area contributed by atoms with Gasteiger partial charge < -0.3 is 4.74 Å². The predicted molar refractivity (Wildman–Crippen MR) is 71.0 cm³/mol. The smallest absolute Gasteiger partial charge is 0.338 e. The van der Waals surface area contributed by atoms with Crippen molar-refractivity contribution in [2.75, 3.05) is 7.11 Å². The van der Waals surface area contributed by atoms with Crippen LogP contribution in [0.3, 0.4) is 0 Å². The first-order valence-electron chi connectivity index (χ1n) is 6.42. The van der Waals surface area contributed by atoms with Crippen molar-refractivity contribution in [1.29, 1.82) is 0 Å². The minimum absolute atomic E-state index is 0.312. The second-order valence-electron chi connectivity index (χ2n) is 4.81. The number of rotatable bonds is 3. The van der Waals surface area contributed by atoms with E-state index in [1.807, 2.05) is 0 Å². The molecular formula is C14H18ClNO2. The molecule has 2 rings (SSSR count). The summed E-state index contributed by atoms with van der Waals surface area (Å²) < 4.78 is 4.83. The van der Waals surface area contributed by atoms with Crippen LogP contribution >= 0.6 is 11.6 Å². The molecule has 1 aliphatic rings. The number of nitrogens with zero attached hydrogens (tertiary/aromatic N) is 1. The van der Waals surface area contributed by atoms with Gasteiger partial charge in [0.15, 0.2) is 0 Å². The molecule has 98 valence electrons. The van der Waals surface area contributed by atoms with E-state index < -0.39 is 0 Å². The lowest BCUT2D eigenvalue weighted by molar-refractivity contribution is 0.0598. The van der Waals surface area contributed by atoms with Crippen molar-refractivity contribution in [3.8, 4) is 0 Å². The number of pyridine rings is 1. The molecule has 0 radical (unpaired) electrons. The van der Waals surface area contributed by atoms with Crippen molar-refractivity contribution in [2.24, 2.45) is 5.92 Å². The summed E-state index contributed by atoms with van der Waals surface area (Å²) in [6.45, 7) is 2.19. The van der Waals surface area contributed by atoms with Crippen molar-refractivity contribution in [1.82, 2.24) is 4.98 Å². The number of aryl methyl sites for hydroxylation is 1. The van der Waals surface area contributed by atoms with Gasteiger partial charge in [0, 0.05) is 5.69 Å². The Kier molecular flexibility index (Phi) is 4.23. The molecule has 0 aliphatic heterocycles. The van der Waals surface area contributed by atoms with Crippen molar-refractivity contribution >= 4 is 17.6 Å². The van der Waals surface area contributed by atoms with Crippen molar-refractivity contribution in [3.05, 3.63) is 28.0 Å². The highest BCUT2D eigenvalue weighted by Gasteiger charge is 2.25. The number of ether oxygens (including phenoxy) is 1. The molecule has 0 saturated heterocycles. The Morgan fingerprint density at radius 3 is 3.06 bits per heavy atom. The van der Waals surface area contributed by atoms with Crippen molar-refractivity contribution in [3.63, 3.8) is 0 Å². The average molecular weight is 268 g/mol. The van der Waals surface area contributed by atoms with Gasteiger partial charge in [0.05, 0.1) is 12.7 Å². The number of aromatic nitrogens is 1. The first kappa shape index (κ1) is 13.3. The second kappa shape index (κ2) is 5.70. The zero-order chi connectivity index (χ0) is 13.1. The molecule has 1 heterocycles. The molecule has 0 amide bonds. The molecule has 0 saturated carbocycles. The van der Waals surface area contributed by atoms with E-state index in [1.54, 1.807) is 6.07 Å². The number of halogens is 1. The van der Waals surface area contributed by atoms with E-state index in [9.17, 15) is 4.79 Å². The summed E-state index contributed by atoms with van der Waals surface area (Å²) in [4.78, 5) is 16.1. The highest BCUT2D eigenvalue weighted by atomic mass is 35.5. The first-order chi connectivity index (χ1) is 8.65. The number of carbonyl (C=O) groups excluding carboxylic acids is 1. The zero-order valence-corrected chi connectivity index (χ0v) is 11.6. The quantitative estimate of drug-likeness (QED) is 0.622. The van der Waals surface area contributed by atoms with Crippen LogP contribution < -0.4 is 0 Å². The summed E-state index contributed by atoms with van der Waals surface area (Å²) in [6, 6.07) is 1.63. The topological polar surface area (TPSA) is 39.2 Å². The summed E-state index contributed by atoms with van der Waals surface area (Å²) in [5.41, 5.74) is 2.60. The van der Waals surface area contributed by atoms with Crippen LogP contribution in [0.25, 0.3) is 0 Å². The molecule has 0 N–H and O–H groups in total. The Bertz CT molecular complexity index is 459. The summed E-state index contributed by atoms with van der Waals surface area (Å²) in [6.07, 6.45) is 5.33. The Hall–Kier alpha value is -1.09. The molecule has 0 aromatic carbocycles. The second-order valence-corrected chi connectivity index (χ2v) is 5.19. The molecule has 1 unspecified atom stereocenters. The monoisotopic (exact) mass is 267 g/mol. The van der Waals surface area contributed by atoms with Crippen LogP contribution in [0, 0.1) is 5.92 Å². The number of esters is 1. The van der Waals surface area contributed by atoms with Crippen LogP contribution in [0.15, 0.2) is 6.07 Å².